The predicted octanol–water partition coefficient (Wildman–Crippen LogP) is 5.84. The predicted molar refractivity (Wildman–Crippen MR) is 93.8 cm³/mol. The molecule has 0 aliphatic rings. The van der Waals surface area contributed by atoms with E-state index in [1.54, 1.807) is 18.2 Å². The van der Waals surface area contributed by atoms with E-state index < -0.39 is 7.59 Å². The summed E-state index contributed by atoms with van der Waals surface area (Å²) in [5, 5.41) is 0. The van der Waals surface area contributed by atoms with Gasteiger partial charge in [0.05, 0.1) is 0 Å². The Hall–Kier alpha value is -0.290. The molecule has 2 aromatic rings. The molecule has 9 heteroatoms. The van der Waals surface area contributed by atoms with Crippen LogP contribution in [0.15, 0.2) is 30.8 Å². The van der Waals surface area contributed by atoms with E-state index in [2.05, 4.69) is 21.5 Å². The Bertz CT molecular complexity index is 656. The number of alkyl halides is 6. The lowest BCUT2D eigenvalue weighted by molar-refractivity contribution is 0.851. The second-order valence-corrected chi connectivity index (χ2v) is 8.69. The van der Waals surface area contributed by atoms with Crippen molar-refractivity contribution in [2.75, 3.05) is 0 Å². The third-order valence-electron chi connectivity index (χ3n) is 2.55. The van der Waals surface area contributed by atoms with Crippen LogP contribution < -0.4 is 0 Å². The summed E-state index contributed by atoms with van der Waals surface area (Å²) in [6, 6.07) is 7.21. The Balaban J connectivity index is 2.61. The molecule has 0 aliphatic carbocycles. The van der Waals surface area contributed by atoms with Crippen LogP contribution in [-0.4, -0.2) is 15.0 Å². The van der Waals surface area contributed by atoms with Crippen LogP contribution in [0.4, 0.5) is 0 Å². The quantitative estimate of drug-likeness (QED) is 0.576. The Morgan fingerprint density at radius 1 is 0.773 bits per heavy atom. The highest BCUT2D eigenvalue weighted by Gasteiger charge is 2.33. The van der Waals surface area contributed by atoms with Gasteiger partial charge in [-0.25, -0.2) is 15.0 Å². The molecule has 3 nitrogen and oxygen atoms in total. The van der Waals surface area contributed by atoms with E-state index in [0.717, 1.165) is 5.56 Å². The minimum absolute atomic E-state index is 0.128. The second-order valence-electron chi connectivity index (χ2n) is 4.13. The van der Waals surface area contributed by atoms with Gasteiger partial charge in [-0.15, -0.1) is 0 Å². The molecule has 1 aromatic heterocycles. The number of hydrogen-bond acceptors (Lipinski definition) is 3. The average molecular weight is 418 g/mol. The molecule has 2 rings (SSSR count). The average Bonchev–Trinajstić information content (AvgIpc) is 2.45. The van der Waals surface area contributed by atoms with Crippen molar-refractivity contribution in [1.29, 1.82) is 0 Å². The fraction of sp³-hybridized carbons (Fsp3) is 0.154. The van der Waals surface area contributed by atoms with Crippen molar-refractivity contribution in [2.45, 2.75) is 7.59 Å². The highest BCUT2D eigenvalue weighted by Crippen LogP contribution is 2.40. The molecule has 0 unspecified atom stereocenters. The van der Waals surface area contributed by atoms with E-state index in [4.69, 9.17) is 69.6 Å². The van der Waals surface area contributed by atoms with Crippen LogP contribution in [0.3, 0.4) is 0 Å². The lowest BCUT2D eigenvalue weighted by atomic mass is 10.1. The molecule has 0 spiro atoms. The molecule has 0 N–H and O–H groups in total. The van der Waals surface area contributed by atoms with Crippen molar-refractivity contribution in [3.05, 3.63) is 48.1 Å². The minimum Gasteiger partial charge on any atom is -0.209 e. The third kappa shape index (κ3) is 4.38. The van der Waals surface area contributed by atoms with Crippen LogP contribution in [0, 0.1) is 0 Å². The zero-order chi connectivity index (χ0) is 16.5. The first kappa shape index (κ1) is 18.1. The Morgan fingerprint density at radius 2 is 1.23 bits per heavy atom. The van der Waals surface area contributed by atoms with Gasteiger partial charge in [-0.1, -0.05) is 107 Å². The van der Waals surface area contributed by atoms with E-state index in [9.17, 15) is 0 Å². The number of halogens is 6. The van der Waals surface area contributed by atoms with Crippen LogP contribution in [-0.2, 0) is 7.59 Å². The maximum absolute atomic E-state index is 5.82. The van der Waals surface area contributed by atoms with Gasteiger partial charge in [-0.05, 0) is 5.56 Å². The highest BCUT2D eigenvalue weighted by atomic mass is 35.6. The maximum Gasteiger partial charge on any atom is 0.250 e. The minimum atomic E-state index is -1.87. The van der Waals surface area contributed by atoms with Crippen LogP contribution in [0.25, 0.3) is 17.5 Å². The third-order valence-corrected chi connectivity index (χ3v) is 3.56. The molecule has 22 heavy (non-hydrogen) atoms. The van der Waals surface area contributed by atoms with Crippen LogP contribution >= 0.6 is 69.6 Å². The SMILES string of the molecule is C=Cc1ccc(-c2nc(C(Cl)(Cl)Cl)nc(C(Cl)(Cl)Cl)n2)cc1. The monoisotopic (exact) mass is 415 g/mol. The largest absolute Gasteiger partial charge is 0.250 e. The summed E-state index contributed by atoms with van der Waals surface area (Å²) in [4.78, 5) is 12.2. The molecule has 0 aliphatic heterocycles. The molecule has 1 heterocycles. The summed E-state index contributed by atoms with van der Waals surface area (Å²) in [7, 11) is 0. The van der Waals surface area contributed by atoms with Crippen molar-refractivity contribution in [2.24, 2.45) is 0 Å². The topological polar surface area (TPSA) is 38.7 Å². The van der Waals surface area contributed by atoms with Gasteiger partial charge in [0, 0.05) is 5.56 Å². The summed E-state index contributed by atoms with van der Waals surface area (Å²) in [5.41, 5.74) is 1.58. The summed E-state index contributed by atoms with van der Waals surface area (Å²) in [6.45, 7) is 3.68. The number of nitrogens with zero attached hydrogens (tertiary/aromatic N) is 3. The molecular formula is C13H7Cl6N3. The lowest BCUT2D eigenvalue weighted by Gasteiger charge is -2.15. The van der Waals surface area contributed by atoms with Gasteiger partial charge >= 0.3 is 0 Å². The Labute approximate surface area is 157 Å². The van der Waals surface area contributed by atoms with E-state index in [-0.39, 0.29) is 17.5 Å². The van der Waals surface area contributed by atoms with Crippen molar-refractivity contribution in [3.8, 4) is 11.4 Å². The number of rotatable bonds is 2. The van der Waals surface area contributed by atoms with Crippen LogP contribution in [0.5, 0.6) is 0 Å². The molecular weight excluding hydrogens is 411 g/mol. The molecule has 0 saturated carbocycles. The summed E-state index contributed by atoms with van der Waals surface area (Å²) >= 11 is 34.9. The fourth-order valence-electron chi connectivity index (χ4n) is 1.53. The van der Waals surface area contributed by atoms with Crippen molar-refractivity contribution < 1.29 is 0 Å². The molecule has 0 atom stereocenters. The van der Waals surface area contributed by atoms with Gasteiger partial charge in [-0.3, -0.25) is 0 Å². The van der Waals surface area contributed by atoms with E-state index >= 15 is 0 Å². The van der Waals surface area contributed by atoms with Crippen molar-refractivity contribution >= 4 is 75.7 Å². The lowest BCUT2D eigenvalue weighted by Crippen LogP contribution is -2.16. The van der Waals surface area contributed by atoms with Gasteiger partial charge < -0.3 is 0 Å². The Kier molecular flexibility index (Phi) is 5.48. The first-order chi connectivity index (χ1) is 10.1. The molecule has 0 radical (unpaired) electrons. The van der Waals surface area contributed by atoms with Crippen molar-refractivity contribution in [1.82, 2.24) is 15.0 Å². The van der Waals surface area contributed by atoms with Crippen molar-refractivity contribution in [3.63, 3.8) is 0 Å². The van der Waals surface area contributed by atoms with E-state index in [1.165, 1.54) is 0 Å². The van der Waals surface area contributed by atoms with Crippen LogP contribution in [0.1, 0.15) is 17.2 Å². The van der Waals surface area contributed by atoms with Gasteiger partial charge in [0.1, 0.15) is 0 Å². The number of benzene rings is 1. The molecule has 0 fully saturated rings. The fourth-order valence-corrected chi connectivity index (χ4v) is 2.03. The molecule has 116 valence electrons. The first-order valence-electron chi connectivity index (χ1n) is 5.74. The van der Waals surface area contributed by atoms with Gasteiger partial charge in [0.15, 0.2) is 17.5 Å². The highest BCUT2D eigenvalue weighted by molar-refractivity contribution is 6.67. The maximum atomic E-state index is 5.82. The zero-order valence-electron chi connectivity index (χ0n) is 10.7. The molecule has 1 aromatic carbocycles. The molecule has 0 amide bonds. The number of aromatic nitrogens is 3. The summed E-state index contributed by atoms with van der Waals surface area (Å²) in [6.07, 6.45) is 1.71. The second kappa shape index (κ2) is 6.68. The van der Waals surface area contributed by atoms with Gasteiger partial charge in [0.2, 0.25) is 7.59 Å². The van der Waals surface area contributed by atoms with Gasteiger partial charge in [-0.2, -0.15) is 0 Å². The first-order valence-corrected chi connectivity index (χ1v) is 8.01. The molecule has 0 saturated heterocycles. The zero-order valence-corrected chi connectivity index (χ0v) is 15.2. The number of hydrogen-bond donors (Lipinski definition) is 0. The van der Waals surface area contributed by atoms with E-state index in [1.807, 2.05) is 12.1 Å². The normalized spacial score (nSPS) is 12.3. The van der Waals surface area contributed by atoms with Gasteiger partial charge in [0.25, 0.3) is 0 Å². The van der Waals surface area contributed by atoms with E-state index in [0.29, 0.717) is 5.56 Å². The summed E-state index contributed by atoms with van der Waals surface area (Å²) in [5.74, 6) is -0.0264. The smallest absolute Gasteiger partial charge is 0.209 e. The molecule has 0 bridgehead atoms. The standard InChI is InChI=1S/C13H7Cl6N3/c1-2-7-3-5-8(6-4-7)9-20-10(12(14,15)16)22-11(21-9)13(17,18)19/h2-6H,1H2. The Morgan fingerprint density at radius 3 is 1.59 bits per heavy atom. The summed E-state index contributed by atoms with van der Waals surface area (Å²) < 4.78 is -3.74. The van der Waals surface area contributed by atoms with Crippen LogP contribution in [0.2, 0.25) is 0 Å².